The molecule has 0 saturated carbocycles. The number of aliphatic hydroxyl groups is 5. The number of unbranched alkanes of at least 4 members (excludes halogenated alkanes) is 39. The van der Waals surface area contributed by atoms with Crippen molar-refractivity contribution in [2.24, 2.45) is 0 Å². The van der Waals surface area contributed by atoms with E-state index < -0.39 is 49.5 Å². The maximum atomic E-state index is 13.1. The van der Waals surface area contributed by atoms with Crippen molar-refractivity contribution in [2.75, 3.05) is 13.2 Å². The van der Waals surface area contributed by atoms with Gasteiger partial charge in [-0.2, -0.15) is 0 Å². The number of ether oxygens (including phenoxy) is 2. The molecule has 0 aromatic rings. The Kier molecular flexibility index (Phi) is 54.1. The molecule has 0 aromatic heterocycles. The molecule has 0 aromatic carbocycles. The lowest BCUT2D eigenvalue weighted by atomic mass is 9.99. The van der Waals surface area contributed by atoms with Crippen LogP contribution in [0.3, 0.4) is 0 Å². The summed E-state index contributed by atoms with van der Waals surface area (Å²) < 4.78 is 11.3. The van der Waals surface area contributed by atoms with Gasteiger partial charge < -0.3 is 40.3 Å². The van der Waals surface area contributed by atoms with Crippen LogP contribution in [0.4, 0.5) is 0 Å². The van der Waals surface area contributed by atoms with E-state index in [2.05, 4.69) is 67.8 Å². The molecule has 1 fully saturated rings. The first-order chi connectivity index (χ1) is 37.8. The van der Waals surface area contributed by atoms with Gasteiger partial charge in [0, 0.05) is 6.42 Å². The molecule has 9 nitrogen and oxygen atoms in total. The van der Waals surface area contributed by atoms with E-state index in [1.54, 1.807) is 6.08 Å². The number of nitrogens with one attached hydrogen (secondary N) is 1. The van der Waals surface area contributed by atoms with Crippen molar-refractivity contribution in [1.82, 2.24) is 5.32 Å². The van der Waals surface area contributed by atoms with Gasteiger partial charge in [0.05, 0.1) is 25.4 Å². The van der Waals surface area contributed by atoms with Crippen molar-refractivity contribution in [3.8, 4) is 0 Å². The van der Waals surface area contributed by atoms with Gasteiger partial charge in [-0.3, -0.25) is 4.79 Å². The molecule has 77 heavy (non-hydrogen) atoms. The Hall–Kier alpha value is -2.11. The van der Waals surface area contributed by atoms with Crippen LogP contribution in [0, 0.1) is 0 Å². The molecule has 1 amide bonds. The lowest BCUT2D eigenvalue weighted by Gasteiger charge is -2.40. The first-order valence-corrected chi connectivity index (χ1v) is 33.0. The highest BCUT2D eigenvalue weighted by molar-refractivity contribution is 5.76. The fourth-order valence-electron chi connectivity index (χ4n) is 10.4. The summed E-state index contributed by atoms with van der Waals surface area (Å²) in [5.74, 6) is -0.186. The van der Waals surface area contributed by atoms with Crippen LogP contribution in [0.1, 0.15) is 309 Å². The smallest absolute Gasteiger partial charge is 0.220 e. The molecule has 7 unspecified atom stereocenters. The van der Waals surface area contributed by atoms with Crippen LogP contribution in [0.25, 0.3) is 0 Å². The second kappa shape index (κ2) is 57.1. The minimum absolute atomic E-state index is 0.186. The quantitative estimate of drug-likeness (QED) is 0.0261. The number of hydrogen-bond donors (Lipinski definition) is 6. The molecule has 450 valence electrons. The van der Waals surface area contributed by atoms with E-state index in [1.165, 1.54) is 238 Å². The second-order valence-electron chi connectivity index (χ2n) is 22.9. The molecule has 1 aliphatic rings. The fourth-order valence-corrected chi connectivity index (χ4v) is 10.4. The van der Waals surface area contributed by atoms with Gasteiger partial charge in [-0.15, -0.1) is 0 Å². The van der Waals surface area contributed by atoms with E-state index in [4.69, 9.17) is 9.47 Å². The predicted octanol–water partition coefficient (Wildman–Crippen LogP) is 17.4. The number of rotatable bonds is 57. The standard InChI is InChI=1S/C68H125NO8/c1-3-5-7-9-11-13-15-17-19-21-23-25-27-29-31-33-35-37-39-41-43-45-47-49-51-53-55-57-62(71)61(60-76-68-67(75)66(74)65(73)63(59-70)77-68)69-64(72)58-56-54-52-50-48-46-44-42-40-38-36-34-32-30-28-26-24-22-20-18-16-14-12-10-8-6-4-2/h16,18,22,24,28,30,47,49,55,57,61-63,65-68,70-71,73-75H,3-15,17,19-21,23,25-27,29,31-46,48,50-54,56,58-60H2,1-2H3,(H,69,72)/b18-16-,24-22-,30-28-,49-47+,57-55+. The van der Waals surface area contributed by atoms with Gasteiger partial charge in [0.2, 0.25) is 5.91 Å². The fraction of sp³-hybridized carbons (Fsp3) is 0.838. The van der Waals surface area contributed by atoms with E-state index >= 15 is 0 Å². The van der Waals surface area contributed by atoms with Gasteiger partial charge in [-0.25, -0.2) is 0 Å². The predicted molar refractivity (Wildman–Crippen MR) is 327 cm³/mol. The summed E-state index contributed by atoms with van der Waals surface area (Å²) in [4.78, 5) is 13.1. The van der Waals surface area contributed by atoms with Crippen LogP contribution in [0.2, 0.25) is 0 Å². The summed E-state index contributed by atoms with van der Waals surface area (Å²) in [7, 11) is 0. The molecule has 0 radical (unpaired) electrons. The largest absolute Gasteiger partial charge is 0.394 e. The molecule has 9 heteroatoms. The Balaban J connectivity index is 2.19. The summed E-state index contributed by atoms with van der Waals surface area (Å²) in [5, 5.41) is 54.7. The zero-order valence-electron chi connectivity index (χ0n) is 50.2. The third-order valence-corrected chi connectivity index (χ3v) is 15.6. The molecule has 6 N–H and O–H groups in total. The monoisotopic (exact) mass is 1080 g/mol. The van der Waals surface area contributed by atoms with Crippen LogP contribution in [0.5, 0.6) is 0 Å². The number of carbonyl (C=O) groups is 1. The first kappa shape index (κ1) is 72.9. The minimum Gasteiger partial charge on any atom is -0.394 e. The van der Waals surface area contributed by atoms with E-state index in [-0.39, 0.29) is 12.5 Å². The highest BCUT2D eigenvalue weighted by atomic mass is 16.7. The Bertz CT molecular complexity index is 1400. The number of carbonyl (C=O) groups excluding carboxylic acids is 1. The van der Waals surface area contributed by atoms with Crippen molar-refractivity contribution in [3.05, 3.63) is 60.8 Å². The molecule has 1 aliphatic heterocycles. The Morgan fingerprint density at radius 1 is 0.442 bits per heavy atom. The number of aliphatic hydroxyl groups excluding tert-OH is 5. The minimum atomic E-state index is -1.58. The zero-order chi connectivity index (χ0) is 55.8. The van der Waals surface area contributed by atoms with Gasteiger partial charge in [0.15, 0.2) is 6.29 Å². The molecule has 1 heterocycles. The molecule has 1 rings (SSSR count). The first-order valence-electron chi connectivity index (χ1n) is 33.0. The van der Waals surface area contributed by atoms with Crippen LogP contribution in [0.15, 0.2) is 60.8 Å². The molecule has 7 atom stereocenters. The average molecular weight is 1080 g/mol. The highest BCUT2D eigenvalue weighted by Crippen LogP contribution is 2.23. The lowest BCUT2D eigenvalue weighted by molar-refractivity contribution is -0.302. The summed E-state index contributed by atoms with van der Waals surface area (Å²) >= 11 is 0. The van der Waals surface area contributed by atoms with E-state index in [0.29, 0.717) is 6.42 Å². The Morgan fingerprint density at radius 2 is 0.779 bits per heavy atom. The summed E-state index contributed by atoms with van der Waals surface area (Å²) in [6.07, 6.45) is 71.7. The maximum Gasteiger partial charge on any atom is 0.220 e. The SMILES string of the molecule is CCCCCCC/C=C\C/C=C\C/C=C\CCCCCCCCCCCCCCC(=O)NC(COC1OC(CO)C(O)C(O)C1O)C(O)/C=C/CC/C=C/CCCCCCCCCCCCCCCCCCCCCCC. The molecule has 1 saturated heterocycles. The van der Waals surface area contributed by atoms with Gasteiger partial charge in [0.1, 0.15) is 24.4 Å². The van der Waals surface area contributed by atoms with Crippen molar-refractivity contribution in [1.29, 1.82) is 0 Å². The summed E-state index contributed by atoms with van der Waals surface area (Å²) in [6.45, 7) is 3.79. The molecule has 0 spiro atoms. The van der Waals surface area contributed by atoms with E-state index in [9.17, 15) is 30.3 Å². The number of allylic oxidation sites excluding steroid dienone is 9. The van der Waals surface area contributed by atoms with Crippen molar-refractivity contribution < 1.29 is 39.8 Å². The summed E-state index contributed by atoms with van der Waals surface area (Å²) in [6, 6.07) is -0.827. The van der Waals surface area contributed by atoms with Gasteiger partial charge in [-0.1, -0.05) is 293 Å². The average Bonchev–Trinajstić information content (AvgIpc) is 3.43. The second-order valence-corrected chi connectivity index (χ2v) is 22.9. The summed E-state index contributed by atoms with van der Waals surface area (Å²) in [5.41, 5.74) is 0. The lowest BCUT2D eigenvalue weighted by Crippen LogP contribution is -2.60. The number of hydrogen-bond acceptors (Lipinski definition) is 8. The van der Waals surface area contributed by atoms with Gasteiger partial charge in [-0.05, 0) is 70.6 Å². The van der Waals surface area contributed by atoms with E-state index in [0.717, 1.165) is 51.4 Å². The van der Waals surface area contributed by atoms with Crippen molar-refractivity contribution in [3.63, 3.8) is 0 Å². The topological polar surface area (TPSA) is 149 Å². The van der Waals surface area contributed by atoms with Gasteiger partial charge >= 0.3 is 0 Å². The molecular weight excluding hydrogens is 959 g/mol. The third kappa shape index (κ3) is 46.2. The maximum absolute atomic E-state index is 13.1. The van der Waals surface area contributed by atoms with Crippen LogP contribution < -0.4 is 5.32 Å². The van der Waals surface area contributed by atoms with Crippen LogP contribution >= 0.6 is 0 Å². The Morgan fingerprint density at radius 3 is 1.18 bits per heavy atom. The third-order valence-electron chi connectivity index (χ3n) is 15.6. The zero-order valence-corrected chi connectivity index (χ0v) is 50.2. The van der Waals surface area contributed by atoms with Crippen molar-refractivity contribution >= 4 is 5.91 Å². The molecule has 0 aliphatic carbocycles. The van der Waals surface area contributed by atoms with Crippen LogP contribution in [-0.4, -0.2) is 87.5 Å². The number of amides is 1. The van der Waals surface area contributed by atoms with E-state index in [1.807, 2.05) is 6.08 Å². The Labute approximate surface area is 475 Å². The van der Waals surface area contributed by atoms with Crippen LogP contribution in [-0.2, 0) is 14.3 Å². The molecular formula is C68H125NO8. The molecule has 0 bridgehead atoms. The highest BCUT2D eigenvalue weighted by Gasteiger charge is 2.44. The van der Waals surface area contributed by atoms with Crippen molar-refractivity contribution in [2.45, 2.75) is 352 Å². The normalized spacial score (nSPS) is 19.1. The van der Waals surface area contributed by atoms with Gasteiger partial charge in [0.25, 0.3) is 0 Å².